The smallest absolute Gasteiger partial charge is 0.274 e. The maximum Gasteiger partial charge on any atom is 0.274 e. The number of amides is 1. The van der Waals surface area contributed by atoms with Crippen molar-refractivity contribution in [3.05, 3.63) is 58.6 Å². The minimum Gasteiger partial charge on any atom is -0.316 e. The first-order valence-electron chi connectivity index (χ1n) is 5.05. The highest BCUT2D eigenvalue weighted by atomic mass is 35.5. The standard InChI is InChI=1S/C12H6ClF3N2O/c13-6-1-2-17-10(3-6)12(19)18-11-8(15)4-7(14)5-9(11)16/h1-5H,(H,18,19). The molecule has 0 unspecified atom stereocenters. The van der Waals surface area contributed by atoms with Gasteiger partial charge >= 0.3 is 0 Å². The summed E-state index contributed by atoms with van der Waals surface area (Å²) in [5.41, 5.74) is -0.858. The lowest BCUT2D eigenvalue weighted by atomic mass is 10.2. The number of anilines is 1. The monoisotopic (exact) mass is 286 g/mol. The average Bonchev–Trinajstić information content (AvgIpc) is 2.33. The van der Waals surface area contributed by atoms with Gasteiger partial charge in [-0.3, -0.25) is 9.78 Å². The fourth-order valence-corrected chi connectivity index (χ4v) is 1.53. The lowest BCUT2D eigenvalue weighted by molar-refractivity contribution is 0.102. The molecule has 1 aromatic heterocycles. The predicted octanol–water partition coefficient (Wildman–Crippen LogP) is 3.40. The van der Waals surface area contributed by atoms with Crippen molar-refractivity contribution in [2.45, 2.75) is 0 Å². The number of pyridine rings is 1. The summed E-state index contributed by atoms with van der Waals surface area (Å²) in [4.78, 5) is 15.4. The van der Waals surface area contributed by atoms with Crippen LogP contribution in [0, 0.1) is 17.5 Å². The van der Waals surface area contributed by atoms with Crippen LogP contribution in [-0.2, 0) is 0 Å². The van der Waals surface area contributed by atoms with E-state index in [-0.39, 0.29) is 10.7 Å². The summed E-state index contributed by atoms with van der Waals surface area (Å²) < 4.78 is 39.4. The molecule has 0 saturated heterocycles. The zero-order chi connectivity index (χ0) is 14.0. The molecular formula is C12H6ClF3N2O. The van der Waals surface area contributed by atoms with Crippen LogP contribution in [0.3, 0.4) is 0 Å². The van der Waals surface area contributed by atoms with Crippen molar-refractivity contribution < 1.29 is 18.0 Å². The Balaban J connectivity index is 2.29. The van der Waals surface area contributed by atoms with Crippen LogP contribution in [0.4, 0.5) is 18.9 Å². The van der Waals surface area contributed by atoms with Gasteiger partial charge in [-0.2, -0.15) is 0 Å². The summed E-state index contributed by atoms with van der Waals surface area (Å²) in [6.45, 7) is 0. The van der Waals surface area contributed by atoms with Crippen molar-refractivity contribution in [3.8, 4) is 0 Å². The molecule has 0 radical (unpaired) electrons. The quantitative estimate of drug-likeness (QED) is 0.919. The molecule has 0 saturated carbocycles. The first kappa shape index (κ1) is 13.4. The third-order valence-corrected chi connectivity index (χ3v) is 2.44. The predicted molar refractivity (Wildman–Crippen MR) is 63.5 cm³/mol. The molecule has 2 aromatic rings. The summed E-state index contributed by atoms with van der Waals surface area (Å²) in [6.07, 6.45) is 1.27. The van der Waals surface area contributed by atoms with Crippen molar-refractivity contribution in [1.29, 1.82) is 0 Å². The first-order chi connectivity index (χ1) is 8.97. The van der Waals surface area contributed by atoms with Gasteiger partial charge < -0.3 is 5.32 Å². The molecular weight excluding hydrogens is 281 g/mol. The second-order valence-corrected chi connectivity index (χ2v) is 3.99. The van der Waals surface area contributed by atoms with Gasteiger partial charge in [-0.05, 0) is 12.1 Å². The Morgan fingerprint density at radius 3 is 2.37 bits per heavy atom. The Morgan fingerprint density at radius 1 is 1.16 bits per heavy atom. The van der Waals surface area contributed by atoms with E-state index in [1.165, 1.54) is 18.3 Å². The number of hydrogen-bond acceptors (Lipinski definition) is 2. The molecule has 1 heterocycles. The van der Waals surface area contributed by atoms with Gasteiger partial charge in [0.2, 0.25) is 0 Å². The molecule has 2 rings (SSSR count). The molecule has 0 spiro atoms. The van der Waals surface area contributed by atoms with Crippen molar-refractivity contribution in [3.63, 3.8) is 0 Å². The normalized spacial score (nSPS) is 10.3. The number of benzene rings is 1. The topological polar surface area (TPSA) is 42.0 Å². The molecule has 0 aliphatic carbocycles. The second-order valence-electron chi connectivity index (χ2n) is 3.56. The third kappa shape index (κ3) is 3.03. The number of nitrogens with zero attached hydrogens (tertiary/aromatic N) is 1. The van der Waals surface area contributed by atoms with Crippen molar-refractivity contribution in [1.82, 2.24) is 4.98 Å². The fourth-order valence-electron chi connectivity index (χ4n) is 1.37. The Hall–Kier alpha value is -2.08. The fraction of sp³-hybridized carbons (Fsp3) is 0. The number of nitrogens with one attached hydrogen (secondary N) is 1. The van der Waals surface area contributed by atoms with E-state index < -0.39 is 29.0 Å². The highest BCUT2D eigenvalue weighted by Gasteiger charge is 2.16. The molecule has 0 bridgehead atoms. The van der Waals surface area contributed by atoms with E-state index in [1.807, 2.05) is 5.32 Å². The van der Waals surface area contributed by atoms with Crippen LogP contribution < -0.4 is 5.32 Å². The Bertz CT molecular complexity index is 626. The summed E-state index contributed by atoms with van der Waals surface area (Å²) >= 11 is 5.66. The van der Waals surface area contributed by atoms with Gasteiger partial charge in [0, 0.05) is 23.4 Å². The molecule has 19 heavy (non-hydrogen) atoms. The molecule has 0 fully saturated rings. The van der Waals surface area contributed by atoms with E-state index in [4.69, 9.17) is 11.6 Å². The molecule has 1 aromatic carbocycles. The van der Waals surface area contributed by atoms with Crippen LogP contribution in [-0.4, -0.2) is 10.9 Å². The molecule has 0 aliphatic heterocycles. The van der Waals surface area contributed by atoms with E-state index >= 15 is 0 Å². The Labute approximate surface area is 111 Å². The van der Waals surface area contributed by atoms with Crippen LogP contribution in [0.5, 0.6) is 0 Å². The van der Waals surface area contributed by atoms with Crippen LogP contribution >= 0.6 is 11.6 Å². The molecule has 0 atom stereocenters. The summed E-state index contributed by atoms with van der Waals surface area (Å²) in [5.74, 6) is -4.36. The summed E-state index contributed by atoms with van der Waals surface area (Å²) in [7, 11) is 0. The van der Waals surface area contributed by atoms with E-state index in [0.717, 1.165) is 0 Å². The minimum absolute atomic E-state index is 0.115. The van der Waals surface area contributed by atoms with Gasteiger partial charge in [0.15, 0.2) is 11.6 Å². The largest absolute Gasteiger partial charge is 0.316 e. The number of hydrogen-bond donors (Lipinski definition) is 1. The maximum atomic E-state index is 13.3. The molecule has 0 aliphatic rings. The zero-order valence-electron chi connectivity index (χ0n) is 9.25. The van der Waals surface area contributed by atoms with Gasteiger partial charge in [-0.15, -0.1) is 0 Å². The number of rotatable bonds is 2. The van der Waals surface area contributed by atoms with Crippen LogP contribution in [0.2, 0.25) is 5.02 Å². The molecule has 1 N–H and O–H groups in total. The number of aromatic nitrogens is 1. The van der Waals surface area contributed by atoms with E-state index in [9.17, 15) is 18.0 Å². The second kappa shape index (κ2) is 5.27. The highest BCUT2D eigenvalue weighted by Crippen LogP contribution is 2.21. The number of carbonyl (C=O) groups excluding carboxylic acids is 1. The summed E-state index contributed by atoms with van der Waals surface area (Å²) in [6, 6.07) is 3.60. The van der Waals surface area contributed by atoms with E-state index in [0.29, 0.717) is 12.1 Å². The van der Waals surface area contributed by atoms with E-state index in [2.05, 4.69) is 4.98 Å². The van der Waals surface area contributed by atoms with Crippen LogP contribution in [0.1, 0.15) is 10.5 Å². The Morgan fingerprint density at radius 2 is 1.79 bits per heavy atom. The van der Waals surface area contributed by atoms with Gasteiger partial charge in [-0.1, -0.05) is 11.6 Å². The molecule has 7 heteroatoms. The average molecular weight is 287 g/mol. The lowest BCUT2D eigenvalue weighted by Gasteiger charge is -2.07. The Kier molecular flexibility index (Phi) is 3.71. The maximum absolute atomic E-state index is 13.3. The molecule has 1 amide bonds. The number of halogens is 4. The van der Waals surface area contributed by atoms with Crippen LogP contribution in [0.25, 0.3) is 0 Å². The molecule has 3 nitrogen and oxygen atoms in total. The number of carbonyl (C=O) groups is 1. The van der Waals surface area contributed by atoms with Crippen molar-refractivity contribution in [2.75, 3.05) is 5.32 Å². The van der Waals surface area contributed by atoms with Gasteiger partial charge in [0.05, 0.1) is 0 Å². The van der Waals surface area contributed by atoms with Gasteiger partial charge in [0.1, 0.15) is 17.2 Å². The minimum atomic E-state index is -1.21. The van der Waals surface area contributed by atoms with Crippen molar-refractivity contribution in [2.24, 2.45) is 0 Å². The summed E-state index contributed by atoms with van der Waals surface area (Å²) in [5, 5.41) is 2.22. The van der Waals surface area contributed by atoms with Crippen LogP contribution in [0.15, 0.2) is 30.5 Å². The third-order valence-electron chi connectivity index (χ3n) is 2.20. The lowest BCUT2D eigenvalue weighted by Crippen LogP contribution is -2.15. The SMILES string of the molecule is O=C(Nc1c(F)cc(F)cc1F)c1cc(Cl)ccn1. The zero-order valence-corrected chi connectivity index (χ0v) is 10.0. The van der Waals surface area contributed by atoms with Gasteiger partial charge in [0.25, 0.3) is 5.91 Å². The van der Waals surface area contributed by atoms with E-state index in [1.54, 1.807) is 0 Å². The first-order valence-corrected chi connectivity index (χ1v) is 5.42. The van der Waals surface area contributed by atoms with Gasteiger partial charge in [-0.25, -0.2) is 13.2 Å². The highest BCUT2D eigenvalue weighted by molar-refractivity contribution is 6.30. The van der Waals surface area contributed by atoms with Crippen molar-refractivity contribution >= 4 is 23.2 Å². The molecule has 98 valence electrons.